The number of anilines is 1. The highest BCUT2D eigenvalue weighted by atomic mass is 16.5. The summed E-state index contributed by atoms with van der Waals surface area (Å²) in [6, 6.07) is 21.8. The van der Waals surface area contributed by atoms with Gasteiger partial charge in [-0.15, -0.1) is 0 Å². The van der Waals surface area contributed by atoms with E-state index in [1.54, 1.807) is 47.2 Å². The Morgan fingerprint density at radius 2 is 1.80 bits per heavy atom. The van der Waals surface area contributed by atoms with Crippen LogP contribution in [-0.4, -0.2) is 54.9 Å². The van der Waals surface area contributed by atoms with Gasteiger partial charge in [-0.2, -0.15) is 5.26 Å². The molecule has 0 atom stereocenters. The van der Waals surface area contributed by atoms with Gasteiger partial charge in [0.05, 0.1) is 24.7 Å². The third-order valence-corrected chi connectivity index (χ3v) is 7.32. The van der Waals surface area contributed by atoms with E-state index in [1.165, 1.54) is 11.6 Å². The minimum Gasteiger partial charge on any atom is -0.492 e. The number of likely N-dealkylation sites (N-methyl/N-ethyl adjacent to an activating group) is 1. The molecule has 0 aliphatic heterocycles. The first kappa shape index (κ1) is 29.8. The van der Waals surface area contributed by atoms with Gasteiger partial charge in [0.15, 0.2) is 11.2 Å². The van der Waals surface area contributed by atoms with E-state index < -0.39 is 17.2 Å². The van der Waals surface area contributed by atoms with Gasteiger partial charge < -0.3 is 19.3 Å². The number of hydrogen-bond acceptors (Lipinski definition) is 8. The normalized spacial score (nSPS) is 10.9. The molecule has 44 heavy (non-hydrogen) atoms. The number of aryl methyl sites for hydroxylation is 2. The maximum absolute atomic E-state index is 13.9. The largest absolute Gasteiger partial charge is 0.492 e. The average molecular weight is 594 g/mol. The monoisotopic (exact) mass is 593 g/mol. The molecule has 0 unspecified atom stereocenters. The number of imidazole rings is 1. The van der Waals surface area contributed by atoms with Crippen molar-refractivity contribution in [2.45, 2.75) is 25.9 Å². The summed E-state index contributed by atoms with van der Waals surface area (Å²) < 4.78 is 9.99. The van der Waals surface area contributed by atoms with Crippen molar-refractivity contribution in [1.82, 2.24) is 23.7 Å². The molecule has 0 saturated heterocycles. The van der Waals surface area contributed by atoms with Crippen molar-refractivity contribution in [3.8, 4) is 23.2 Å². The van der Waals surface area contributed by atoms with Crippen LogP contribution in [0.1, 0.15) is 24.0 Å². The lowest BCUT2D eigenvalue weighted by atomic mass is 10.1. The van der Waals surface area contributed by atoms with Crippen LogP contribution in [0.3, 0.4) is 0 Å². The molecule has 0 fully saturated rings. The number of nitrogens with zero attached hydrogens (tertiary/aromatic N) is 7. The smallest absolute Gasteiger partial charge is 0.332 e. The number of hydrogen-bond donors (Lipinski definition) is 1. The summed E-state index contributed by atoms with van der Waals surface area (Å²) in [7, 11) is 3.47. The van der Waals surface area contributed by atoms with E-state index in [4.69, 9.17) is 9.72 Å². The molecule has 0 bridgehead atoms. The molecule has 5 aromatic rings. The number of fused-ring (bicyclic) bond motifs is 1. The van der Waals surface area contributed by atoms with E-state index in [1.807, 2.05) is 42.3 Å². The Kier molecular flexibility index (Phi) is 8.85. The highest BCUT2D eigenvalue weighted by Crippen LogP contribution is 2.26. The summed E-state index contributed by atoms with van der Waals surface area (Å²) >= 11 is 0. The second-order valence-electron chi connectivity index (χ2n) is 10.2. The van der Waals surface area contributed by atoms with E-state index in [-0.39, 0.29) is 37.1 Å². The molecule has 2 aromatic carbocycles. The molecule has 0 spiro atoms. The molecule has 5 rings (SSSR count). The number of aromatic nitrogens is 5. The Labute approximate surface area is 252 Å². The van der Waals surface area contributed by atoms with Gasteiger partial charge in [0.2, 0.25) is 0 Å². The van der Waals surface area contributed by atoms with Gasteiger partial charge in [0.1, 0.15) is 24.0 Å². The molecule has 0 radical (unpaired) electrons. The molecule has 0 aliphatic carbocycles. The van der Waals surface area contributed by atoms with Gasteiger partial charge in [-0.1, -0.05) is 24.3 Å². The second-order valence-corrected chi connectivity index (χ2v) is 10.2. The summed E-state index contributed by atoms with van der Waals surface area (Å²) in [5.41, 5.74) is 0.796. The molecule has 224 valence electrons. The van der Waals surface area contributed by atoms with E-state index in [0.29, 0.717) is 41.4 Å². The van der Waals surface area contributed by atoms with Crippen LogP contribution < -0.4 is 20.9 Å². The van der Waals surface area contributed by atoms with Gasteiger partial charge in [-0.3, -0.25) is 18.7 Å². The first-order valence-corrected chi connectivity index (χ1v) is 14.0. The van der Waals surface area contributed by atoms with Gasteiger partial charge >= 0.3 is 11.7 Å². The van der Waals surface area contributed by atoms with E-state index >= 15 is 0 Å². The maximum atomic E-state index is 13.9. The van der Waals surface area contributed by atoms with Crippen LogP contribution in [0.5, 0.6) is 5.75 Å². The van der Waals surface area contributed by atoms with E-state index in [0.717, 1.165) is 10.4 Å². The average Bonchev–Trinajstić information content (AvgIpc) is 3.42. The van der Waals surface area contributed by atoms with Crippen molar-refractivity contribution < 1.29 is 14.6 Å². The highest BCUT2D eigenvalue weighted by Gasteiger charge is 2.22. The van der Waals surface area contributed by atoms with Gasteiger partial charge in [0.25, 0.3) is 5.56 Å². The number of benzene rings is 2. The van der Waals surface area contributed by atoms with Crippen LogP contribution in [-0.2, 0) is 24.9 Å². The van der Waals surface area contributed by atoms with Crippen molar-refractivity contribution in [3.05, 3.63) is 105 Å². The predicted octanol–water partition coefficient (Wildman–Crippen LogP) is 3.26. The molecule has 12 heteroatoms. The Morgan fingerprint density at radius 3 is 2.50 bits per heavy atom. The lowest BCUT2D eigenvalue weighted by Gasteiger charge is -2.18. The summed E-state index contributed by atoms with van der Waals surface area (Å²) in [5.74, 6) is 0.955. The SMILES string of the molecule is CN(CCOc1ccc(-c2nc3c(c(=O)n(Cc4ccccc4C#N)c(=O)n3C)n2CCCC(=O)O)cc1)c1ccccn1. The standard InChI is InChI=1S/C32H31N7O5/c1-36(26-10-5-6-16-34-26)18-19-44-25-14-12-22(13-15-25)29-35-30-28(38(29)17-7-11-27(40)41)31(42)39(32(43)37(30)2)21-24-9-4-3-8-23(24)20-33/h3-6,8-10,12-16H,7,11,17-19,21H2,1-2H3,(H,40,41). The summed E-state index contributed by atoms with van der Waals surface area (Å²) in [6.45, 7) is 1.15. The number of carboxylic acid groups (broad SMARTS) is 1. The third kappa shape index (κ3) is 6.22. The Morgan fingerprint density at radius 1 is 1.05 bits per heavy atom. The van der Waals surface area contributed by atoms with Crippen LogP contribution in [0, 0.1) is 11.3 Å². The summed E-state index contributed by atoms with van der Waals surface area (Å²) in [4.78, 5) is 49.5. The summed E-state index contributed by atoms with van der Waals surface area (Å²) in [6.07, 6.45) is 1.88. The Hall–Kier alpha value is -5.70. The first-order valence-electron chi connectivity index (χ1n) is 14.0. The molecule has 12 nitrogen and oxygen atoms in total. The van der Waals surface area contributed by atoms with Crippen molar-refractivity contribution >= 4 is 23.0 Å². The van der Waals surface area contributed by atoms with Crippen LogP contribution in [0.4, 0.5) is 5.82 Å². The Balaban J connectivity index is 1.48. The fourth-order valence-electron chi connectivity index (χ4n) is 4.97. The predicted molar refractivity (Wildman–Crippen MR) is 165 cm³/mol. The molecular formula is C32H31N7O5. The number of carboxylic acids is 1. The van der Waals surface area contributed by atoms with Crippen molar-refractivity contribution in [2.75, 3.05) is 25.1 Å². The van der Waals surface area contributed by atoms with Crippen molar-refractivity contribution in [3.63, 3.8) is 0 Å². The number of pyridine rings is 1. The third-order valence-electron chi connectivity index (χ3n) is 7.32. The Bertz CT molecular complexity index is 1950. The zero-order valence-electron chi connectivity index (χ0n) is 24.4. The number of rotatable bonds is 12. The highest BCUT2D eigenvalue weighted by molar-refractivity contribution is 5.77. The van der Waals surface area contributed by atoms with Crippen LogP contribution >= 0.6 is 0 Å². The topological polar surface area (TPSA) is 148 Å². The maximum Gasteiger partial charge on any atom is 0.332 e. The lowest BCUT2D eigenvalue weighted by molar-refractivity contribution is -0.137. The van der Waals surface area contributed by atoms with Crippen LogP contribution in [0.2, 0.25) is 0 Å². The first-order chi connectivity index (χ1) is 21.3. The molecular weight excluding hydrogens is 562 g/mol. The van der Waals surface area contributed by atoms with Crippen LogP contribution in [0.25, 0.3) is 22.6 Å². The second kappa shape index (κ2) is 13.1. The minimum absolute atomic E-state index is 0.0949. The number of carbonyl (C=O) groups is 1. The minimum atomic E-state index is -0.955. The number of ether oxygens (including phenoxy) is 1. The lowest BCUT2D eigenvalue weighted by Crippen LogP contribution is -2.40. The van der Waals surface area contributed by atoms with E-state index in [9.17, 15) is 24.8 Å². The van der Waals surface area contributed by atoms with E-state index in [2.05, 4.69) is 11.1 Å². The summed E-state index contributed by atoms with van der Waals surface area (Å²) in [5, 5.41) is 18.8. The van der Waals surface area contributed by atoms with Crippen molar-refractivity contribution in [1.29, 1.82) is 5.26 Å². The van der Waals surface area contributed by atoms with Gasteiger partial charge in [-0.25, -0.2) is 14.8 Å². The quantitative estimate of drug-likeness (QED) is 0.230. The molecule has 3 heterocycles. The molecule has 1 N–H and O–H groups in total. The van der Waals surface area contributed by atoms with Crippen molar-refractivity contribution in [2.24, 2.45) is 7.05 Å². The number of nitriles is 1. The fraction of sp³-hybridized carbons (Fsp3) is 0.250. The zero-order valence-corrected chi connectivity index (χ0v) is 24.4. The molecule has 0 aliphatic rings. The molecule has 0 saturated carbocycles. The van der Waals surface area contributed by atoms with Gasteiger partial charge in [-0.05, 0) is 54.4 Å². The molecule has 3 aromatic heterocycles. The number of aliphatic carboxylic acids is 1. The molecule has 0 amide bonds. The van der Waals surface area contributed by atoms with Gasteiger partial charge in [0, 0.05) is 38.8 Å². The fourth-order valence-corrected chi connectivity index (χ4v) is 4.97. The van der Waals surface area contributed by atoms with Crippen LogP contribution in [0.15, 0.2) is 82.5 Å². The zero-order chi connectivity index (χ0) is 31.2.